The Balaban J connectivity index is 2.90. The van der Waals surface area contributed by atoms with Gasteiger partial charge in [-0.3, -0.25) is 14.9 Å². The first-order valence-electron chi connectivity index (χ1n) is 6.51. The molecule has 0 fully saturated rings. The van der Waals surface area contributed by atoms with E-state index in [1.807, 2.05) is 13.8 Å². The Morgan fingerprint density at radius 1 is 1.38 bits per heavy atom. The fourth-order valence-corrected chi connectivity index (χ4v) is 1.94. The molecule has 0 radical (unpaired) electrons. The van der Waals surface area contributed by atoms with Crippen LogP contribution in [0.15, 0.2) is 18.2 Å². The summed E-state index contributed by atoms with van der Waals surface area (Å²) in [5, 5.41) is 22.2. The van der Waals surface area contributed by atoms with E-state index < -0.39 is 22.8 Å². The number of rotatable bonds is 6. The molecule has 0 aliphatic carbocycles. The van der Waals surface area contributed by atoms with E-state index in [2.05, 4.69) is 5.32 Å². The molecule has 0 aromatic heterocycles. The average molecular weight is 294 g/mol. The van der Waals surface area contributed by atoms with Crippen molar-refractivity contribution in [2.45, 2.75) is 33.2 Å². The van der Waals surface area contributed by atoms with Gasteiger partial charge in [-0.25, -0.2) is 4.79 Å². The molecular weight excluding hydrogens is 276 g/mol. The highest BCUT2D eigenvalue weighted by molar-refractivity contribution is 5.97. The van der Waals surface area contributed by atoms with Crippen LogP contribution in [0.4, 0.5) is 5.69 Å². The van der Waals surface area contributed by atoms with Crippen molar-refractivity contribution in [1.29, 1.82) is 0 Å². The molecule has 2 N–H and O–H groups in total. The lowest BCUT2D eigenvalue weighted by atomic mass is 10.0. The first-order valence-corrected chi connectivity index (χ1v) is 6.51. The second-order valence-electron chi connectivity index (χ2n) is 5.25. The van der Waals surface area contributed by atoms with Crippen molar-refractivity contribution in [3.05, 3.63) is 39.4 Å². The molecule has 1 aromatic rings. The Morgan fingerprint density at radius 3 is 2.43 bits per heavy atom. The molecule has 1 atom stereocenters. The zero-order chi connectivity index (χ0) is 16.2. The topological polar surface area (TPSA) is 110 Å². The minimum atomic E-state index is -1.10. The lowest BCUT2D eigenvalue weighted by Crippen LogP contribution is -2.41. The van der Waals surface area contributed by atoms with Crippen LogP contribution in [0.1, 0.15) is 36.2 Å². The Labute approximate surface area is 122 Å². The van der Waals surface area contributed by atoms with Crippen LogP contribution < -0.4 is 5.32 Å². The molecule has 1 rings (SSSR count). The fraction of sp³-hybridized carbons (Fsp3) is 0.429. The van der Waals surface area contributed by atoms with Crippen molar-refractivity contribution in [3.8, 4) is 0 Å². The Bertz CT molecular complexity index is 568. The van der Waals surface area contributed by atoms with Crippen LogP contribution in [0.25, 0.3) is 0 Å². The summed E-state index contributed by atoms with van der Waals surface area (Å²) in [5.74, 6) is -1.54. The Morgan fingerprint density at radius 2 is 2.00 bits per heavy atom. The van der Waals surface area contributed by atoms with Gasteiger partial charge in [0.05, 0.1) is 4.92 Å². The predicted molar refractivity (Wildman–Crippen MR) is 76.2 cm³/mol. The van der Waals surface area contributed by atoms with E-state index in [0.717, 1.165) is 0 Å². The molecule has 114 valence electrons. The number of carboxylic acid groups (broad SMARTS) is 1. The number of aliphatic carboxylic acids is 1. The second-order valence-corrected chi connectivity index (χ2v) is 5.25. The van der Waals surface area contributed by atoms with Crippen molar-refractivity contribution in [2.24, 2.45) is 5.92 Å². The van der Waals surface area contributed by atoms with E-state index in [0.29, 0.717) is 12.0 Å². The van der Waals surface area contributed by atoms with Crippen molar-refractivity contribution < 1.29 is 19.6 Å². The number of benzene rings is 1. The molecule has 0 spiro atoms. The van der Waals surface area contributed by atoms with Gasteiger partial charge in [-0.15, -0.1) is 0 Å². The van der Waals surface area contributed by atoms with Gasteiger partial charge in [0.25, 0.3) is 11.6 Å². The summed E-state index contributed by atoms with van der Waals surface area (Å²) in [6, 6.07) is 2.95. The summed E-state index contributed by atoms with van der Waals surface area (Å²) in [7, 11) is 0. The van der Waals surface area contributed by atoms with Crippen LogP contribution in [0.3, 0.4) is 0 Å². The molecule has 0 aliphatic rings. The molecule has 0 saturated heterocycles. The summed E-state index contributed by atoms with van der Waals surface area (Å²) in [6.07, 6.45) is 0.313. The molecule has 1 unspecified atom stereocenters. The summed E-state index contributed by atoms with van der Waals surface area (Å²) < 4.78 is 0. The number of carbonyl (C=O) groups excluding carboxylic acids is 1. The molecule has 1 amide bonds. The highest BCUT2D eigenvalue weighted by Crippen LogP contribution is 2.19. The lowest BCUT2D eigenvalue weighted by Gasteiger charge is -2.16. The molecule has 1 aromatic carbocycles. The molecule has 0 aliphatic heterocycles. The number of amides is 1. The summed E-state index contributed by atoms with van der Waals surface area (Å²) in [4.78, 5) is 33.3. The van der Waals surface area contributed by atoms with Crippen LogP contribution in [0.2, 0.25) is 0 Å². The maximum Gasteiger partial charge on any atom is 0.326 e. The minimum absolute atomic E-state index is 0.0801. The summed E-state index contributed by atoms with van der Waals surface area (Å²) in [6.45, 7) is 5.24. The van der Waals surface area contributed by atoms with E-state index in [4.69, 9.17) is 5.11 Å². The molecule has 7 heteroatoms. The number of hydrogen-bond donors (Lipinski definition) is 2. The third-order valence-corrected chi connectivity index (χ3v) is 2.97. The number of nitrogens with zero attached hydrogens (tertiary/aromatic N) is 1. The first kappa shape index (κ1) is 16.6. The predicted octanol–water partition coefficient (Wildman–Crippen LogP) is 2.13. The largest absolute Gasteiger partial charge is 0.480 e. The Hall–Kier alpha value is -2.44. The zero-order valence-electron chi connectivity index (χ0n) is 12.1. The van der Waals surface area contributed by atoms with E-state index in [9.17, 15) is 19.7 Å². The van der Waals surface area contributed by atoms with Gasteiger partial charge in [-0.05, 0) is 31.4 Å². The minimum Gasteiger partial charge on any atom is -0.480 e. The number of nitro benzene ring substituents is 1. The maximum absolute atomic E-state index is 12.0. The fourth-order valence-electron chi connectivity index (χ4n) is 1.94. The summed E-state index contributed by atoms with van der Waals surface area (Å²) >= 11 is 0. The van der Waals surface area contributed by atoms with E-state index in [1.165, 1.54) is 25.1 Å². The van der Waals surface area contributed by atoms with E-state index >= 15 is 0 Å². The summed E-state index contributed by atoms with van der Waals surface area (Å²) in [5.41, 5.74) is 0.472. The number of aryl methyl sites for hydroxylation is 1. The van der Waals surface area contributed by atoms with E-state index in [-0.39, 0.29) is 17.2 Å². The van der Waals surface area contributed by atoms with Crippen LogP contribution in [-0.2, 0) is 4.79 Å². The third kappa shape index (κ3) is 4.55. The van der Waals surface area contributed by atoms with Gasteiger partial charge in [0.15, 0.2) is 0 Å². The van der Waals surface area contributed by atoms with Gasteiger partial charge in [0, 0.05) is 17.2 Å². The average Bonchev–Trinajstić information content (AvgIpc) is 2.36. The standard InChI is InChI=1S/C14H18N2O5/c1-8(2)6-11(14(18)19)15-13(17)10-4-5-12(16(20)21)9(3)7-10/h4-5,7-8,11H,6H2,1-3H3,(H,15,17)(H,18,19). The van der Waals surface area contributed by atoms with E-state index in [1.54, 1.807) is 0 Å². The second kappa shape index (κ2) is 6.83. The van der Waals surface area contributed by atoms with Crippen LogP contribution in [0.5, 0.6) is 0 Å². The highest BCUT2D eigenvalue weighted by atomic mass is 16.6. The molecular formula is C14H18N2O5. The molecule has 21 heavy (non-hydrogen) atoms. The van der Waals surface area contributed by atoms with Crippen molar-refractivity contribution in [1.82, 2.24) is 5.32 Å². The Kier molecular flexibility index (Phi) is 5.40. The molecule has 0 heterocycles. The van der Waals surface area contributed by atoms with Gasteiger partial charge >= 0.3 is 5.97 Å². The van der Waals surface area contributed by atoms with Crippen molar-refractivity contribution in [3.63, 3.8) is 0 Å². The number of carboxylic acids is 1. The highest BCUT2D eigenvalue weighted by Gasteiger charge is 2.22. The quantitative estimate of drug-likeness (QED) is 0.617. The molecule has 0 bridgehead atoms. The monoisotopic (exact) mass is 294 g/mol. The number of nitrogens with one attached hydrogen (secondary N) is 1. The van der Waals surface area contributed by atoms with Gasteiger partial charge in [0.2, 0.25) is 0 Å². The van der Waals surface area contributed by atoms with Crippen molar-refractivity contribution in [2.75, 3.05) is 0 Å². The normalized spacial score (nSPS) is 12.0. The van der Waals surface area contributed by atoms with Gasteiger partial charge in [-0.1, -0.05) is 13.8 Å². The maximum atomic E-state index is 12.0. The molecule has 7 nitrogen and oxygen atoms in total. The van der Waals surface area contributed by atoms with Crippen molar-refractivity contribution >= 4 is 17.6 Å². The third-order valence-electron chi connectivity index (χ3n) is 2.97. The van der Waals surface area contributed by atoms with Gasteiger partial charge < -0.3 is 10.4 Å². The first-order chi connectivity index (χ1) is 9.72. The SMILES string of the molecule is Cc1cc(C(=O)NC(CC(C)C)C(=O)O)ccc1[N+](=O)[O-]. The molecule has 0 saturated carbocycles. The van der Waals surface area contributed by atoms with Gasteiger partial charge in [-0.2, -0.15) is 0 Å². The van der Waals surface area contributed by atoms with Gasteiger partial charge in [0.1, 0.15) is 6.04 Å². The van der Waals surface area contributed by atoms with Crippen LogP contribution in [0, 0.1) is 23.0 Å². The van der Waals surface area contributed by atoms with Crippen LogP contribution in [-0.4, -0.2) is 27.9 Å². The smallest absolute Gasteiger partial charge is 0.326 e. The lowest BCUT2D eigenvalue weighted by molar-refractivity contribution is -0.385. The van der Waals surface area contributed by atoms with Crippen LogP contribution >= 0.6 is 0 Å². The number of carbonyl (C=O) groups is 2. The number of hydrogen-bond acceptors (Lipinski definition) is 4. The number of nitro groups is 1. The zero-order valence-corrected chi connectivity index (χ0v) is 12.1.